The molecule has 130 valence electrons. The van der Waals surface area contributed by atoms with Crippen molar-refractivity contribution in [1.82, 2.24) is 4.98 Å². The number of aromatic nitrogens is 1. The van der Waals surface area contributed by atoms with Gasteiger partial charge < -0.3 is 19.6 Å². The van der Waals surface area contributed by atoms with Gasteiger partial charge in [-0.1, -0.05) is 11.6 Å². The predicted octanol–water partition coefficient (Wildman–Crippen LogP) is 4.18. The highest BCUT2D eigenvalue weighted by molar-refractivity contribution is 5.94. The van der Waals surface area contributed by atoms with Crippen molar-refractivity contribution in [2.45, 2.75) is 20.3 Å². The molecule has 3 aromatic rings. The molecule has 0 saturated heterocycles. The average molecular weight is 339 g/mol. The van der Waals surface area contributed by atoms with Crippen LogP contribution in [0.2, 0.25) is 0 Å². The lowest BCUT2D eigenvalue weighted by molar-refractivity contribution is -0.136. The summed E-state index contributed by atoms with van der Waals surface area (Å²) in [5.74, 6) is 0.428. The third-order valence-corrected chi connectivity index (χ3v) is 4.14. The van der Waals surface area contributed by atoms with E-state index in [4.69, 9.17) is 9.47 Å². The van der Waals surface area contributed by atoms with Gasteiger partial charge in [0.05, 0.1) is 25.8 Å². The minimum Gasteiger partial charge on any atom is -0.493 e. The van der Waals surface area contributed by atoms with Gasteiger partial charge in [0.2, 0.25) is 0 Å². The molecule has 0 amide bonds. The molecule has 2 N–H and O–H groups in total. The van der Waals surface area contributed by atoms with E-state index in [2.05, 4.69) is 4.98 Å². The number of hydrogen-bond acceptors (Lipinski definition) is 3. The third kappa shape index (κ3) is 3.31. The lowest BCUT2D eigenvalue weighted by atomic mass is 10.0. The lowest BCUT2D eigenvalue weighted by Crippen LogP contribution is -2.01. The molecule has 0 atom stereocenters. The third-order valence-electron chi connectivity index (χ3n) is 4.14. The second-order valence-corrected chi connectivity index (χ2v) is 5.90. The van der Waals surface area contributed by atoms with Crippen molar-refractivity contribution >= 4 is 16.9 Å². The van der Waals surface area contributed by atoms with Crippen molar-refractivity contribution < 1.29 is 19.4 Å². The highest BCUT2D eigenvalue weighted by Gasteiger charge is 2.17. The van der Waals surface area contributed by atoms with Crippen LogP contribution in [-0.4, -0.2) is 29.8 Å². The van der Waals surface area contributed by atoms with Gasteiger partial charge in [0.25, 0.3) is 0 Å². The first-order valence-electron chi connectivity index (χ1n) is 8.17. The van der Waals surface area contributed by atoms with Crippen LogP contribution in [0.25, 0.3) is 22.2 Å². The predicted molar refractivity (Wildman–Crippen MR) is 97.5 cm³/mol. The summed E-state index contributed by atoms with van der Waals surface area (Å²) in [4.78, 5) is 14.7. The van der Waals surface area contributed by atoms with Crippen LogP contribution in [0, 0.1) is 6.92 Å². The maximum Gasteiger partial charge on any atom is 0.307 e. The van der Waals surface area contributed by atoms with Gasteiger partial charge in [-0.05, 0) is 49.7 Å². The standard InChI is InChI=1S/C20H21NO4/c1-4-25-17-8-6-13(10-18(17)24-3)20-15(11-19(22)23)14-9-12(2)5-7-16(14)21-20/h5-10,21H,4,11H2,1-3H3,(H,22,23). The number of aliphatic carboxylic acids is 1. The Balaban J connectivity index is 2.19. The number of hydrogen-bond donors (Lipinski definition) is 2. The van der Waals surface area contributed by atoms with Crippen molar-refractivity contribution in [3.63, 3.8) is 0 Å². The van der Waals surface area contributed by atoms with Gasteiger partial charge >= 0.3 is 5.97 Å². The molecule has 0 aliphatic heterocycles. The zero-order valence-corrected chi connectivity index (χ0v) is 14.6. The number of carbonyl (C=O) groups is 1. The Morgan fingerprint density at radius 1 is 1.16 bits per heavy atom. The number of nitrogens with one attached hydrogen (secondary N) is 1. The summed E-state index contributed by atoms with van der Waals surface area (Å²) in [6.45, 7) is 4.46. The van der Waals surface area contributed by atoms with E-state index in [0.717, 1.165) is 33.3 Å². The minimum atomic E-state index is -0.860. The number of carboxylic acid groups (broad SMARTS) is 1. The SMILES string of the molecule is CCOc1ccc(-c2[nH]c3ccc(C)cc3c2CC(=O)O)cc1OC. The van der Waals surface area contributed by atoms with E-state index in [1.54, 1.807) is 7.11 Å². The number of ether oxygens (including phenoxy) is 2. The van der Waals surface area contributed by atoms with Crippen LogP contribution in [0.4, 0.5) is 0 Å². The number of benzene rings is 2. The van der Waals surface area contributed by atoms with Crippen LogP contribution >= 0.6 is 0 Å². The van der Waals surface area contributed by atoms with Crippen molar-refractivity contribution in [2.75, 3.05) is 13.7 Å². The van der Waals surface area contributed by atoms with Crippen LogP contribution in [0.5, 0.6) is 11.5 Å². The molecule has 0 aliphatic carbocycles. The van der Waals surface area contributed by atoms with Gasteiger partial charge in [0.15, 0.2) is 11.5 Å². The van der Waals surface area contributed by atoms with E-state index in [1.807, 2.05) is 50.2 Å². The molecule has 0 saturated carbocycles. The second kappa shape index (κ2) is 6.89. The van der Waals surface area contributed by atoms with E-state index in [0.29, 0.717) is 18.1 Å². The van der Waals surface area contributed by atoms with E-state index in [1.165, 1.54) is 0 Å². The summed E-state index contributed by atoms with van der Waals surface area (Å²) >= 11 is 0. The van der Waals surface area contributed by atoms with Crippen molar-refractivity contribution in [1.29, 1.82) is 0 Å². The Bertz CT molecular complexity index is 927. The molecule has 5 heteroatoms. The van der Waals surface area contributed by atoms with E-state index < -0.39 is 5.97 Å². The Morgan fingerprint density at radius 3 is 2.64 bits per heavy atom. The molecular weight excluding hydrogens is 318 g/mol. The summed E-state index contributed by atoms with van der Waals surface area (Å²) in [5, 5.41) is 10.3. The number of rotatable bonds is 6. The molecule has 5 nitrogen and oxygen atoms in total. The number of methoxy groups -OCH3 is 1. The molecule has 0 fully saturated rings. The van der Waals surface area contributed by atoms with Crippen LogP contribution < -0.4 is 9.47 Å². The van der Waals surface area contributed by atoms with Crippen LogP contribution in [0.1, 0.15) is 18.1 Å². The summed E-state index contributed by atoms with van der Waals surface area (Å²) in [6.07, 6.45) is -0.0473. The summed E-state index contributed by atoms with van der Waals surface area (Å²) in [7, 11) is 1.59. The first kappa shape index (κ1) is 16.9. The number of fused-ring (bicyclic) bond motifs is 1. The van der Waals surface area contributed by atoms with E-state index in [-0.39, 0.29) is 6.42 Å². The lowest BCUT2D eigenvalue weighted by Gasteiger charge is -2.11. The van der Waals surface area contributed by atoms with Gasteiger partial charge in [-0.15, -0.1) is 0 Å². The van der Waals surface area contributed by atoms with Crippen molar-refractivity contribution in [2.24, 2.45) is 0 Å². The molecule has 25 heavy (non-hydrogen) atoms. The summed E-state index contributed by atoms with van der Waals surface area (Å²) in [6, 6.07) is 11.6. The van der Waals surface area contributed by atoms with Crippen LogP contribution in [0.3, 0.4) is 0 Å². The molecule has 2 aromatic carbocycles. The van der Waals surface area contributed by atoms with Crippen LogP contribution in [-0.2, 0) is 11.2 Å². The maximum absolute atomic E-state index is 11.4. The number of aromatic amines is 1. The normalized spacial score (nSPS) is 10.8. The molecule has 0 unspecified atom stereocenters. The molecule has 0 bridgehead atoms. The average Bonchev–Trinajstić information content (AvgIpc) is 2.93. The molecule has 3 rings (SSSR count). The van der Waals surface area contributed by atoms with Crippen LogP contribution in [0.15, 0.2) is 36.4 Å². The molecule has 0 aliphatic rings. The van der Waals surface area contributed by atoms with Crippen molar-refractivity contribution in [3.8, 4) is 22.8 Å². The summed E-state index contributed by atoms with van der Waals surface area (Å²) in [5.41, 5.74) is 4.45. The fourth-order valence-electron chi connectivity index (χ4n) is 3.04. The number of aryl methyl sites for hydroxylation is 1. The Morgan fingerprint density at radius 2 is 1.96 bits per heavy atom. The Kier molecular flexibility index (Phi) is 4.65. The first-order valence-corrected chi connectivity index (χ1v) is 8.17. The quantitative estimate of drug-likeness (QED) is 0.707. The highest BCUT2D eigenvalue weighted by Crippen LogP contribution is 2.36. The number of H-pyrrole nitrogens is 1. The number of carboxylic acids is 1. The second-order valence-electron chi connectivity index (χ2n) is 5.90. The first-order chi connectivity index (χ1) is 12.0. The van der Waals surface area contributed by atoms with E-state index >= 15 is 0 Å². The molecular formula is C20H21NO4. The van der Waals surface area contributed by atoms with Gasteiger partial charge in [-0.3, -0.25) is 4.79 Å². The monoisotopic (exact) mass is 339 g/mol. The zero-order chi connectivity index (χ0) is 18.0. The Hall–Kier alpha value is -2.95. The largest absolute Gasteiger partial charge is 0.493 e. The fourth-order valence-corrected chi connectivity index (χ4v) is 3.04. The molecule has 1 aromatic heterocycles. The zero-order valence-electron chi connectivity index (χ0n) is 14.6. The molecule has 1 heterocycles. The topological polar surface area (TPSA) is 71.6 Å². The smallest absolute Gasteiger partial charge is 0.307 e. The van der Waals surface area contributed by atoms with Gasteiger partial charge in [0.1, 0.15) is 0 Å². The molecule has 0 spiro atoms. The maximum atomic E-state index is 11.4. The minimum absolute atomic E-state index is 0.0473. The van der Waals surface area contributed by atoms with E-state index in [9.17, 15) is 9.90 Å². The summed E-state index contributed by atoms with van der Waals surface area (Å²) < 4.78 is 11.0. The van der Waals surface area contributed by atoms with Gasteiger partial charge in [-0.2, -0.15) is 0 Å². The highest BCUT2D eigenvalue weighted by atomic mass is 16.5. The Labute approximate surface area is 146 Å². The van der Waals surface area contributed by atoms with Gasteiger partial charge in [-0.25, -0.2) is 0 Å². The van der Waals surface area contributed by atoms with Gasteiger partial charge in [0, 0.05) is 16.5 Å². The van der Waals surface area contributed by atoms with Crippen molar-refractivity contribution in [3.05, 3.63) is 47.5 Å². The molecule has 0 radical (unpaired) electrons. The fraction of sp³-hybridized carbons (Fsp3) is 0.250.